The van der Waals surface area contributed by atoms with Gasteiger partial charge in [0.15, 0.2) is 0 Å². The third-order valence-corrected chi connectivity index (χ3v) is 2.04. The highest BCUT2D eigenvalue weighted by molar-refractivity contribution is 5.94. The van der Waals surface area contributed by atoms with E-state index in [4.69, 9.17) is 9.84 Å². The number of aromatic hydroxyl groups is 1. The minimum Gasteiger partial charge on any atom is -0.507 e. The van der Waals surface area contributed by atoms with Crippen LogP contribution >= 0.6 is 0 Å². The fraction of sp³-hybridized carbons (Fsp3) is 0.300. The number of benzene rings is 1. The van der Waals surface area contributed by atoms with Gasteiger partial charge in [0.05, 0.1) is 7.11 Å². The molecule has 0 aliphatic heterocycles. The Bertz CT molecular complexity index is 357. The van der Waals surface area contributed by atoms with E-state index in [1.807, 2.05) is 6.92 Å². The number of aryl methyl sites for hydroxylation is 1. The van der Waals surface area contributed by atoms with Crippen LogP contribution in [0.25, 0.3) is 0 Å². The summed E-state index contributed by atoms with van der Waals surface area (Å²) in [6, 6.07) is 3.20. The third-order valence-electron chi connectivity index (χ3n) is 2.04. The van der Waals surface area contributed by atoms with Gasteiger partial charge in [0.2, 0.25) is 0 Å². The number of carbonyl (C=O) groups is 1. The molecule has 0 radical (unpaired) electrons. The Kier molecular flexibility index (Phi) is 2.96. The van der Waals surface area contributed by atoms with Crippen LogP contribution in [0.15, 0.2) is 12.1 Å². The summed E-state index contributed by atoms with van der Waals surface area (Å²) in [6.45, 7) is 1.84. The summed E-state index contributed by atoms with van der Waals surface area (Å²) >= 11 is 0. The highest BCUT2D eigenvalue weighted by Crippen LogP contribution is 2.31. The second-order valence-corrected chi connectivity index (χ2v) is 2.81. The normalized spacial score (nSPS) is 9.86. The van der Waals surface area contributed by atoms with Crippen LogP contribution < -0.4 is 4.74 Å². The summed E-state index contributed by atoms with van der Waals surface area (Å²) in [6.07, 6.45) is 0.579. The van der Waals surface area contributed by atoms with Crippen LogP contribution in [0.3, 0.4) is 0 Å². The lowest BCUT2D eigenvalue weighted by molar-refractivity contribution is 0.0690. The number of carboxylic acid groups (broad SMARTS) is 1. The number of phenols is 1. The summed E-state index contributed by atoms with van der Waals surface area (Å²) < 4.78 is 4.85. The summed E-state index contributed by atoms with van der Waals surface area (Å²) in [5.41, 5.74) is 0.426. The van der Waals surface area contributed by atoms with E-state index in [1.54, 1.807) is 12.1 Å². The molecular weight excluding hydrogens is 184 g/mol. The summed E-state index contributed by atoms with van der Waals surface area (Å²) in [4.78, 5) is 10.8. The van der Waals surface area contributed by atoms with Crippen molar-refractivity contribution in [3.63, 3.8) is 0 Å². The Labute approximate surface area is 81.8 Å². The lowest BCUT2D eigenvalue weighted by atomic mass is 10.1. The first kappa shape index (κ1) is 10.4. The minimum absolute atomic E-state index is 0.173. The third kappa shape index (κ3) is 1.64. The highest BCUT2D eigenvalue weighted by atomic mass is 16.5. The van der Waals surface area contributed by atoms with Crippen molar-refractivity contribution in [3.05, 3.63) is 23.3 Å². The van der Waals surface area contributed by atoms with Gasteiger partial charge in [-0.2, -0.15) is 0 Å². The lowest BCUT2D eigenvalue weighted by Gasteiger charge is -2.09. The van der Waals surface area contributed by atoms with Crippen LogP contribution in [0.1, 0.15) is 22.8 Å². The van der Waals surface area contributed by atoms with Gasteiger partial charge >= 0.3 is 5.97 Å². The smallest absolute Gasteiger partial charge is 0.343 e. The topological polar surface area (TPSA) is 66.8 Å². The van der Waals surface area contributed by atoms with Crippen molar-refractivity contribution in [1.82, 2.24) is 0 Å². The quantitative estimate of drug-likeness (QED) is 0.771. The van der Waals surface area contributed by atoms with Gasteiger partial charge < -0.3 is 14.9 Å². The van der Waals surface area contributed by atoms with E-state index < -0.39 is 5.97 Å². The van der Waals surface area contributed by atoms with Gasteiger partial charge in [-0.25, -0.2) is 4.79 Å². The first-order valence-electron chi connectivity index (χ1n) is 4.24. The van der Waals surface area contributed by atoms with Gasteiger partial charge in [0, 0.05) is 0 Å². The zero-order valence-electron chi connectivity index (χ0n) is 8.07. The number of aromatic carboxylic acids is 1. The van der Waals surface area contributed by atoms with Crippen molar-refractivity contribution in [1.29, 1.82) is 0 Å². The van der Waals surface area contributed by atoms with Gasteiger partial charge in [0.25, 0.3) is 0 Å². The molecule has 0 saturated heterocycles. The van der Waals surface area contributed by atoms with Crippen LogP contribution in [0.2, 0.25) is 0 Å². The van der Waals surface area contributed by atoms with Gasteiger partial charge in [-0.3, -0.25) is 0 Å². The number of methoxy groups -OCH3 is 1. The maximum absolute atomic E-state index is 10.8. The number of hydrogen-bond donors (Lipinski definition) is 2. The average Bonchev–Trinajstić information content (AvgIpc) is 2.16. The van der Waals surface area contributed by atoms with Crippen LogP contribution in [-0.4, -0.2) is 23.3 Å². The average molecular weight is 196 g/mol. The van der Waals surface area contributed by atoms with Gasteiger partial charge in [-0.15, -0.1) is 0 Å². The van der Waals surface area contributed by atoms with Gasteiger partial charge in [-0.1, -0.05) is 13.0 Å². The molecule has 76 valence electrons. The maximum atomic E-state index is 10.8. The molecular formula is C10H12O4. The molecule has 0 aliphatic carbocycles. The predicted molar refractivity (Wildman–Crippen MR) is 51.0 cm³/mol. The van der Waals surface area contributed by atoms with Crippen molar-refractivity contribution >= 4 is 5.97 Å². The van der Waals surface area contributed by atoms with E-state index in [-0.39, 0.29) is 17.1 Å². The zero-order valence-corrected chi connectivity index (χ0v) is 8.07. The van der Waals surface area contributed by atoms with Crippen molar-refractivity contribution in [3.8, 4) is 11.5 Å². The Morgan fingerprint density at radius 2 is 2.14 bits per heavy atom. The van der Waals surface area contributed by atoms with Crippen LogP contribution in [-0.2, 0) is 6.42 Å². The largest absolute Gasteiger partial charge is 0.507 e. The van der Waals surface area contributed by atoms with Gasteiger partial charge in [-0.05, 0) is 18.1 Å². The Morgan fingerprint density at radius 3 is 2.57 bits per heavy atom. The van der Waals surface area contributed by atoms with E-state index in [1.165, 1.54) is 7.11 Å². The fourth-order valence-electron chi connectivity index (χ4n) is 1.28. The van der Waals surface area contributed by atoms with Crippen LogP contribution in [0.4, 0.5) is 0 Å². The Balaban J connectivity index is 3.39. The zero-order chi connectivity index (χ0) is 10.7. The van der Waals surface area contributed by atoms with E-state index in [0.29, 0.717) is 12.0 Å². The van der Waals surface area contributed by atoms with E-state index >= 15 is 0 Å². The monoisotopic (exact) mass is 196 g/mol. The Morgan fingerprint density at radius 1 is 1.50 bits per heavy atom. The summed E-state index contributed by atoms with van der Waals surface area (Å²) in [5, 5.41) is 18.5. The van der Waals surface area contributed by atoms with Crippen molar-refractivity contribution < 1.29 is 19.7 Å². The molecule has 0 atom stereocenters. The number of hydrogen-bond acceptors (Lipinski definition) is 3. The second-order valence-electron chi connectivity index (χ2n) is 2.81. The molecule has 0 spiro atoms. The molecule has 1 aromatic rings. The maximum Gasteiger partial charge on any atom is 0.343 e. The lowest BCUT2D eigenvalue weighted by Crippen LogP contribution is -2.02. The molecule has 0 saturated carbocycles. The van der Waals surface area contributed by atoms with E-state index in [0.717, 1.165) is 0 Å². The number of rotatable bonds is 3. The minimum atomic E-state index is -1.19. The number of carboxylic acids is 1. The van der Waals surface area contributed by atoms with E-state index in [2.05, 4.69) is 0 Å². The number of ether oxygens (including phenoxy) is 1. The molecule has 0 unspecified atom stereocenters. The molecule has 14 heavy (non-hydrogen) atoms. The molecule has 4 heteroatoms. The molecule has 1 aromatic carbocycles. The molecule has 0 bridgehead atoms. The molecule has 0 fully saturated rings. The molecule has 0 aromatic heterocycles. The molecule has 0 aliphatic rings. The standard InChI is InChI=1S/C10H12O4/c1-3-6-4-5-7(14-2)8(9(6)11)10(12)13/h4-5,11H,3H2,1-2H3,(H,12,13). The first-order valence-corrected chi connectivity index (χ1v) is 4.24. The highest BCUT2D eigenvalue weighted by Gasteiger charge is 2.18. The first-order chi connectivity index (χ1) is 6.61. The second kappa shape index (κ2) is 4.00. The fourth-order valence-corrected chi connectivity index (χ4v) is 1.28. The molecule has 0 heterocycles. The SMILES string of the molecule is CCc1ccc(OC)c(C(=O)O)c1O. The van der Waals surface area contributed by atoms with Crippen molar-refractivity contribution in [2.75, 3.05) is 7.11 Å². The predicted octanol–water partition coefficient (Wildman–Crippen LogP) is 1.66. The summed E-state index contributed by atoms with van der Waals surface area (Å²) in [7, 11) is 1.37. The molecule has 0 amide bonds. The summed E-state index contributed by atoms with van der Waals surface area (Å²) in [5.74, 6) is -1.22. The van der Waals surface area contributed by atoms with Crippen LogP contribution in [0, 0.1) is 0 Å². The molecule has 2 N–H and O–H groups in total. The van der Waals surface area contributed by atoms with Gasteiger partial charge in [0.1, 0.15) is 17.1 Å². The molecule has 4 nitrogen and oxygen atoms in total. The van der Waals surface area contributed by atoms with Crippen molar-refractivity contribution in [2.24, 2.45) is 0 Å². The Hall–Kier alpha value is -1.71. The molecule has 1 rings (SSSR count). The van der Waals surface area contributed by atoms with E-state index in [9.17, 15) is 9.90 Å². The van der Waals surface area contributed by atoms with Crippen LogP contribution in [0.5, 0.6) is 11.5 Å². The van der Waals surface area contributed by atoms with Crippen molar-refractivity contribution in [2.45, 2.75) is 13.3 Å².